The first kappa shape index (κ1) is 18.5. The van der Waals surface area contributed by atoms with E-state index < -0.39 is 0 Å². The molecule has 2 aromatic carbocycles. The lowest BCUT2D eigenvalue weighted by Gasteiger charge is -2.10. The summed E-state index contributed by atoms with van der Waals surface area (Å²) < 4.78 is 12.0. The van der Waals surface area contributed by atoms with Crippen LogP contribution in [0.15, 0.2) is 55.1 Å². The van der Waals surface area contributed by atoms with E-state index in [1.165, 1.54) is 12.4 Å². The summed E-state index contributed by atoms with van der Waals surface area (Å²) in [5.74, 6) is 0.896. The van der Waals surface area contributed by atoms with E-state index in [0.29, 0.717) is 27.9 Å². The molecular weight excluding hydrogens is 368 g/mol. The third kappa shape index (κ3) is 4.45. The first-order valence-electron chi connectivity index (χ1n) is 7.96. The zero-order chi connectivity index (χ0) is 19.2. The maximum Gasteiger partial charge on any atom is 0.248 e. The molecule has 0 atom stereocenters. The zero-order valence-corrected chi connectivity index (χ0v) is 15.5. The van der Waals surface area contributed by atoms with E-state index in [0.717, 1.165) is 5.56 Å². The number of nitrogens with zero attached hydrogens (tertiary/aromatic N) is 3. The van der Waals surface area contributed by atoms with Gasteiger partial charge in [-0.3, -0.25) is 4.79 Å². The zero-order valence-electron chi connectivity index (χ0n) is 14.7. The summed E-state index contributed by atoms with van der Waals surface area (Å²) in [6, 6.07) is 10.5. The Morgan fingerprint density at radius 1 is 1.15 bits per heavy atom. The topological polar surface area (TPSA) is 78.3 Å². The molecule has 1 amide bonds. The van der Waals surface area contributed by atoms with Gasteiger partial charge in [-0.1, -0.05) is 17.7 Å². The summed E-state index contributed by atoms with van der Waals surface area (Å²) in [5, 5.41) is 7.38. The van der Waals surface area contributed by atoms with E-state index in [1.807, 2.05) is 6.07 Å². The number of halogens is 1. The average Bonchev–Trinajstić information content (AvgIpc) is 3.20. The van der Waals surface area contributed by atoms with E-state index in [9.17, 15) is 4.79 Å². The molecular formula is C19H17ClN4O3. The third-order valence-electron chi connectivity index (χ3n) is 3.72. The van der Waals surface area contributed by atoms with Crippen molar-refractivity contribution in [1.29, 1.82) is 0 Å². The Hall–Kier alpha value is -3.32. The fraction of sp³-hybridized carbons (Fsp3) is 0.105. The molecule has 0 unspecified atom stereocenters. The van der Waals surface area contributed by atoms with Crippen LogP contribution in [0.5, 0.6) is 11.5 Å². The predicted octanol–water partition coefficient (Wildman–Crippen LogP) is 3.59. The second-order valence-corrected chi connectivity index (χ2v) is 5.87. The van der Waals surface area contributed by atoms with Crippen LogP contribution in [0.4, 0.5) is 5.69 Å². The number of amides is 1. The van der Waals surface area contributed by atoms with Crippen molar-refractivity contribution in [2.75, 3.05) is 19.5 Å². The number of aromatic nitrogens is 3. The molecule has 3 rings (SSSR count). The van der Waals surface area contributed by atoms with Crippen molar-refractivity contribution < 1.29 is 14.3 Å². The second-order valence-electron chi connectivity index (χ2n) is 5.44. The van der Waals surface area contributed by atoms with Gasteiger partial charge < -0.3 is 14.8 Å². The van der Waals surface area contributed by atoms with Crippen LogP contribution in [0.3, 0.4) is 0 Å². The van der Waals surface area contributed by atoms with Gasteiger partial charge in [0.05, 0.1) is 25.6 Å². The Labute approximate surface area is 161 Å². The van der Waals surface area contributed by atoms with E-state index in [1.54, 1.807) is 61.6 Å². The highest BCUT2D eigenvalue weighted by Crippen LogP contribution is 2.28. The highest BCUT2D eigenvalue weighted by atomic mass is 35.5. The molecule has 0 aliphatic carbocycles. The number of carbonyl (C=O) groups excluding carboxylic acids is 1. The Bertz CT molecular complexity index is 971. The van der Waals surface area contributed by atoms with Crippen LogP contribution in [0.25, 0.3) is 11.8 Å². The molecule has 0 spiro atoms. The predicted molar refractivity (Wildman–Crippen MR) is 104 cm³/mol. The van der Waals surface area contributed by atoms with Crippen LogP contribution >= 0.6 is 11.6 Å². The second kappa shape index (κ2) is 8.37. The van der Waals surface area contributed by atoms with Gasteiger partial charge in [0.2, 0.25) is 5.91 Å². The first-order chi connectivity index (χ1) is 13.1. The van der Waals surface area contributed by atoms with E-state index >= 15 is 0 Å². The molecule has 1 aromatic heterocycles. The van der Waals surface area contributed by atoms with E-state index in [4.69, 9.17) is 21.1 Å². The van der Waals surface area contributed by atoms with Crippen molar-refractivity contribution >= 4 is 29.3 Å². The number of hydrogen-bond donors (Lipinski definition) is 1. The summed E-state index contributed by atoms with van der Waals surface area (Å²) in [4.78, 5) is 16.3. The lowest BCUT2D eigenvalue weighted by Crippen LogP contribution is -2.11. The van der Waals surface area contributed by atoms with Crippen LogP contribution < -0.4 is 14.8 Å². The molecule has 8 heteroatoms. The van der Waals surface area contributed by atoms with Crippen molar-refractivity contribution in [3.8, 4) is 17.2 Å². The van der Waals surface area contributed by atoms with Crippen molar-refractivity contribution in [3.05, 3.63) is 65.7 Å². The van der Waals surface area contributed by atoms with Crippen LogP contribution in [0, 0.1) is 0 Å². The van der Waals surface area contributed by atoms with Crippen molar-refractivity contribution in [2.24, 2.45) is 0 Å². The highest BCUT2D eigenvalue weighted by Gasteiger charge is 2.09. The Balaban J connectivity index is 1.78. The van der Waals surface area contributed by atoms with Gasteiger partial charge in [0.15, 0.2) is 11.5 Å². The lowest BCUT2D eigenvalue weighted by atomic mass is 10.2. The molecule has 1 heterocycles. The van der Waals surface area contributed by atoms with Gasteiger partial charge in [-0.2, -0.15) is 5.10 Å². The molecule has 0 aliphatic rings. The summed E-state index contributed by atoms with van der Waals surface area (Å²) >= 11 is 6.06. The standard InChI is InChI=1S/C19H17ClN4O3/c1-26-17-7-3-13(9-18(17)27-2)4-8-19(25)23-15-10-14(20)5-6-16(15)24-12-21-11-22-24/h3-12H,1-2H3,(H,23,25). The van der Waals surface area contributed by atoms with Crippen LogP contribution in [-0.4, -0.2) is 34.9 Å². The molecule has 1 N–H and O–H groups in total. The van der Waals surface area contributed by atoms with Crippen LogP contribution in [-0.2, 0) is 4.79 Å². The van der Waals surface area contributed by atoms with E-state index in [-0.39, 0.29) is 5.91 Å². The summed E-state index contributed by atoms with van der Waals surface area (Å²) in [7, 11) is 3.13. The monoisotopic (exact) mass is 384 g/mol. The minimum absolute atomic E-state index is 0.312. The smallest absolute Gasteiger partial charge is 0.248 e. The first-order valence-corrected chi connectivity index (χ1v) is 8.34. The third-order valence-corrected chi connectivity index (χ3v) is 3.95. The number of anilines is 1. The van der Waals surface area contributed by atoms with Gasteiger partial charge in [0.1, 0.15) is 12.7 Å². The van der Waals surface area contributed by atoms with Gasteiger partial charge in [0, 0.05) is 11.1 Å². The van der Waals surface area contributed by atoms with Crippen molar-refractivity contribution in [2.45, 2.75) is 0 Å². The van der Waals surface area contributed by atoms with Gasteiger partial charge in [-0.05, 0) is 42.0 Å². The maximum atomic E-state index is 12.4. The molecule has 0 radical (unpaired) electrons. The molecule has 0 aliphatic heterocycles. The number of benzene rings is 2. The number of methoxy groups -OCH3 is 2. The summed E-state index contributed by atoms with van der Waals surface area (Å²) in [5.41, 5.74) is 1.98. The van der Waals surface area contributed by atoms with Crippen LogP contribution in [0.2, 0.25) is 5.02 Å². The maximum absolute atomic E-state index is 12.4. The van der Waals surface area contributed by atoms with Crippen molar-refractivity contribution in [1.82, 2.24) is 14.8 Å². The molecule has 7 nitrogen and oxygen atoms in total. The average molecular weight is 385 g/mol. The number of hydrogen-bond acceptors (Lipinski definition) is 5. The fourth-order valence-electron chi connectivity index (χ4n) is 2.44. The highest BCUT2D eigenvalue weighted by molar-refractivity contribution is 6.31. The molecule has 0 bridgehead atoms. The van der Waals surface area contributed by atoms with Gasteiger partial charge >= 0.3 is 0 Å². The summed E-state index contributed by atoms with van der Waals surface area (Å²) in [6.07, 6.45) is 6.06. The number of carbonyl (C=O) groups is 1. The SMILES string of the molecule is COc1ccc(C=CC(=O)Nc2cc(Cl)ccc2-n2cncn2)cc1OC. The molecule has 0 saturated carbocycles. The molecule has 138 valence electrons. The number of nitrogens with one attached hydrogen (secondary N) is 1. The van der Waals surface area contributed by atoms with E-state index in [2.05, 4.69) is 15.4 Å². The minimum atomic E-state index is -0.312. The Morgan fingerprint density at radius 3 is 2.67 bits per heavy atom. The van der Waals surface area contributed by atoms with Gasteiger partial charge in [0.25, 0.3) is 0 Å². The summed E-state index contributed by atoms with van der Waals surface area (Å²) in [6.45, 7) is 0. The minimum Gasteiger partial charge on any atom is -0.493 e. The molecule has 0 saturated heterocycles. The molecule has 3 aromatic rings. The molecule has 27 heavy (non-hydrogen) atoms. The largest absolute Gasteiger partial charge is 0.493 e. The fourth-order valence-corrected chi connectivity index (χ4v) is 2.62. The quantitative estimate of drug-likeness (QED) is 0.657. The Kier molecular flexibility index (Phi) is 5.73. The van der Waals surface area contributed by atoms with Crippen molar-refractivity contribution in [3.63, 3.8) is 0 Å². The van der Waals surface area contributed by atoms with Gasteiger partial charge in [-0.25, -0.2) is 9.67 Å². The van der Waals surface area contributed by atoms with Gasteiger partial charge in [-0.15, -0.1) is 0 Å². The number of rotatable bonds is 6. The Morgan fingerprint density at radius 2 is 1.96 bits per heavy atom. The number of ether oxygens (including phenoxy) is 2. The lowest BCUT2D eigenvalue weighted by molar-refractivity contribution is -0.111. The molecule has 0 fully saturated rings. The van der Waals surface area contributed by atoms with Crippen LogP contribution in [0.1, 0.15) is 5.56 Å². The normalized spacial score (nSPS) is 10.8.